The van der Waals surface area contributed by atoms with Gasteiger partial charge in [-0.15, -0.1) is 12.4 Å². The average Bonchev–Trinajstić information content (AvgIpc) is 2.46. The van der Waals surface area contributed by atoms with Crippen LogP contribution in [-0.4, -0.2) is 50.2 Å². The van der Waals surface area contributed by atoms with Crippen LogP contribution in [0.4, 0.5) is 0 Å². The van der Waals surface area contributed by atoms with E-state index in [4.69, 9.17) is 4.74 Å². The molecule has 0 spiro atoms. The molecule has 1 unspecified atom stereocenters. The van der Waals surface area contributed by atoms with Crippen molar-refractivity contribution < 1.29 is 9.53 Å². The summed E-state index contributed by atoms with van der Waals surface area (Å²) in [5.74, 6) is 1.10. The number of hydrogen-bond acceptors (Lipinski definition) is 3. The van der Waals surface area contributed by atoms with Crippen LogP contribution in [0.5, 0.6) is 0 Å². The smallest absolute Gasteiger partial charge is 0.225 e. The minimum Gasteiger partial charge on any atom is -0.378 e. The molecule has 1 N–H and O–H groups in total. The van der Waals surface area contributed by atoms with Gasteiger partial charge in [0.25, 0.3) is 0 Å². The van der Waals surface area contributed by atoms with Gasteiger partial charge in [-0.3, -0.25) is 4.79 Å². The number of hydrogen-bond donors (Lipinski definition) is 1. The lowest BCUT2D eigenvalue weighted by Crippen LogP contribution is -2.40. The van der Waals surface area contributed by atoms with Gasteiger partial charge in [0.15, 0.2) is 0 Å². The zero-order valence-corrected chi connectivity index (χ0v) is 13.4. The van der Waals surface area contributed by atoms with E-state index in [-0.39, 0.29) is 18.5 Å². The lowest BCUT2D eigenvalue weighted by atomic mass is 9.93. The maximum atomic E-state index is 12.2. The van der Waals surface area contributed by atoms with Crippen molar-refractivity contribution in [2.24, 2.45) is 5.92 Å². The molecule has 0 aromatic rings. The highest BCUT2D eigenvalue weighted by Crippen LogP contribution is 2.22. The first-order chi connectivity index (χ1) is 9.29. The summed E-state index contributed by atoms with van der Waals surface area (Å²) >= 11 is 0. The monoisotopic (exact) mass is 304 g/mol. The maximum Gasteiger partial charge on any atom is 0.225 e. The standard InChI is InChI=1S/C15H28N2O2.ClH/c1-16-8-5-13-6-9-17(10-7-13)15(18)12-14-4-2-3-11-19-14;/h13-14,16H,2-12H2,1H3;1H. The van der Waals surface area contributed by atoms with Crippen molar-refractivity contribution in [1.29, 1.82) is 0 Å². The summed E-state index contributed by atoms with van der Waals surface area (Å²) in [5.41, 5.74) is 0. The minimum absolute atomic E-state index is 0. The molecule has 0 aromatic heterocycles. The maximum absolute atomic E-state index is 12.2. The Morgan fingerprint density at radius 2 is 2.00 bits per heavy atom. The van der Waals surface area contributed by atoms with Crippen molar-refractivity contribution in [3.05, 3.63) is 0 Å². The van der Waals surface area contributed by atoms with Gasteiger partial charge in [0.2, 0.25) is 5.91 Å². The van der Waals surface area contributed by atoms with Crippen LogP contribution in [0.1, 0.15) is 44.9 Å². The molecule has 0 aliphatic carbocycles. The summed E-state index contributed by atoms with van der Waals surface area (Å²) in [6.45, 7) is 3.82. The highest BCUT2D eigenvalue weighted by atomic mass is 35.5. The Hall–Kier alpha value is -0.320. The fourth-order valence-electron chi connectivity index (χ4n) is 3.11. The van der Waals surface area contributed by atoms with E-state index >= 15 is 0 Å². The molecule has 118 valence electrons. The second kappa shape index (κ2) is 9.59. The summed E-state index contributed by atoms with van der Waals surface area (Å²) in [4.78, 5) is 14.3. The first-order valence-corrected chi connectivity index (χ1v) is 7.83. The molecular formula is C15H29ClN2O2. The molecule has 0 bridgehead atoms. The number of nitrogens with one attached hydrogen (secondary N) is 1. The van der Waals surface area contributed by atoms with E-state index in [1.54, 1.807) is 0 Å². The molecular weight excluding hydrogens is 276 g/mol. The highest BCUT2D eigenvalue weighted by molar-refractivity contribution is 5.85. The zero-order chi connectivity index (χ0) is 13.5. The topological polar surface area (TPSA) is 41.6 Å². The average molecular weight is 305 g/mol. The Morgan fingerprint density at radius 3 is 2.60 bits per heavy atom. The molecule has 2 fully saturated rings. The van der Waals surface area contributed by atoms with Crippen molar-refractivity contribution >= 4 is 18.3 Å². The van der Waals surface area contributed by atoms with Gasteiger partial charge in [-0.25, -0.2) is 0 Å². The van der Waals surface area contributed by atoms with Gasteiger partial charge in [-0.05, 0) is 58.0 Å². The number of piperidine rings is 1. The van der Waals surface area contributed by atoms with Gasteiger partial charge in [-0.1, -0.05) is 0 Å². The van der Waals surface area contributed by atoms with E-state index < -0.39 is 0 Å². The molecule has 1 atom stereocenters. The van der Waals surface area contributed by atoms with Crippen molar-refractivity contribution in [3.63, 3.8) is 0 Å². The Kier molecular flexibility index (Phi) is 8.50. The molecule has 5 heteroatoms. The minimum atomic E-state index is 0. The van der Waals surface area contributed by atoms with Gasteiger partial charge in [0.1, 0.15) is 0 Å². The van der Waals surface area contributed by atoms with Gasteiger partial charge in [-0.2, -0.15) is 0 Å². The van der Waals surface area contributed by atoms with E-state index in [0.717, 1.165) is 45.0 Å². The molecule has 2 saturated heterocycles. The van der Waals surface area contributed by atoms with Crippen LogP contribution in [0.25, 0.3) is 0 Å². The van der Waals surface area contributed by atoms with Crippen LogP contribution in [-0.2, 0) is 9.53 Å². The first kappa shape index (κ1) is 17.7. The Balaban J connectivity index is 0.00000200. The normalized spacial score (nSPS) is 24.2. The van der Waals surface area contributed by atoms with Gasteiger partial charge >= 0.3 is 0 Å². The lowest BCUT2D eigenvalue weighted by Gasteiger charge is -2.33. The summed E-state index contributed by atoms with van der Waals surface area (Å²) in [6, 6.07) is 0. The number of amides is 1. The molecule has 4 nitrogen and oxygen atoms in total. The number of carbonyl (C=O) groups is 1. The molecule has 2 heterocycles. The number of carbonyl (C=O) groups excluding carboxylic acids is 1. The lowest BCUT2D eigenvalue weighted by molar-refractivity contribution is -0.136. The van der Waals surface area contributed by atoms with Crippen LogP contribution < -0.4 is 5.32 Å². The Labute approximate surface area is 129 Å². The van der Waals surface area contributed by atoms with Crippen molar-refractivity contribution in [2.75, 3.05) is 33.3 Å². The van der Waals surface area contributed by atoms with E-state index in [1.807, 2.05) is 11.9 Å². The molecule has 2 aliphatic rings. The molecule has 0 saturated carbocycles. The summed E-state index contributed by atoms with van der Waals surface area (Å²) < 4.78 is 5.66. The van der Waals surface area contributed by atoms with Crippen molar-refractivity contribution in [2.45, 2.75) is 51.0 Å². The zero-order valence-electron chi connectivity index (χ0n) is 12.6. The molecule has 20 heavy (non-hydrogen) atoms. The van der Waals surface area contributed by atoms with Crippen molar-refractivity contribution in [3.8, 4) is 0 Å². The predicted octanol–water partition coefficient (Wildman–Crippen LogP) is 2.22. The quantitative estimate of drug-likeness (QED) is 0.847. The fraction of sp³-hybridized carbons (Fsp3) is 0.933. The van der Waals surface area contributed by atoms with E-state index in [9.17, 15) is 4.79 Å². The van der Waals surface area contributed by atoms with E-state index in [0.29, 0.717) is 12.3 Å². The van der Waals surface area contributed by atoms with Gasteiger partial charge in [0.05, 0.1) is 12.5 Å². The number of likely N-dealkylation sites (tertiary alicyclic amines) is 1. The molecule has 0 aromatic carbocycles. The first-order valence-electron chi connectivity index (χ1n) is 7.83. The SMILES string of the molecule is CNCCC1CCN(C(=O)CC2CCCCO2)CC1.Cl. The number of ether oxygens (including phenoxy) is 1. The highest BCUT2D eigenvalue weighted by Gasteiger charge is 2.25. The number of nitrogens with zero attached hydrogens (tertiary/aromatic N) is 1. The summed E-state index contributed by atoms with van der Waals surface area (Å²) in [5, 5.41) is 3.21. The summed E-state index contributed by atoms with van der Waals surface area (Å²) in [6.07, 6.45) is 7.78. The largest absolute Gasteiger partial charge is 0.378 e. The second-order valence-electron chi connectivity index (χ2n) is 5.91. The predicted molar refractivity (Wildman–Crippen MR) is 83.3 cm³/mol. The van der Waals surface area contributed by atoms with Crippen LogP contribution in [0, 0.1) is 5.92 Å². The fourth-order valence-corrected chi connectivity index (χ4v) is 3.11. The van der Waals surface area contributed by atoms with E-state index in [2.05, 4.69) is 5.32 Å². The third-order valence-corrected chi connectivity index (χ3v) is 4.45. The third kappa shape index (κ3) is 5.58. The molecule has 0 radical (unpaired) electrons. The summed E-state index contributed by atoms with van der Waals surface area (Å²) in [7, 11) is 2.00. The second-order valence-corrected chi connectivity index (χ2v) is 5.91. The van der Waals surface area contributed by atoms with Crippen LogP contribution in [0.2, 0.25) is 0 Å². The molecule has 2 aliphatic heterocycles. The molecule has 2 rings (SSSR count). The van der Waals surface area contributed by atoms with Crippen LogP contribution in [0.15, 0.2) is 0 Å². The molecule has 1 amide bonds. The van der Waals surface area contributed by atoms with Gasteiger partial charge in [0, 0.05) is 19.7 Å². The van der Waals surface area contributed by atoms with E-state index in [1.165, 1.54) is 25.7 Å². The van der Waals surface area contributed by atoms with Crippen LogP contribution >= 0.6 is 12.4 Å². The third-order valence-electron chi connectivity index (χ3n) is 4.45. The Bertz CT molecular complexity index is 275. The van der Waals surface area contributed by atoms with Crippen LogP contribution in [0.3, 0.4) is 0 Å². The Morgan fingerprint density at radius 1 is 1.25 bits per heavy atom. The van der Waals surface area contributed by atoms with Crippen molar-refractivity contribution in [1.82, 2.24) is 10.2 Å². The van der Waals surface area contributed by atoms with Gasteiger partial charge < -0.3 is 15.0 Å². The number of halogens is 1. The number of rotatable bonds is 5.